The van der Waals surface area contributed by atoms with Crippen LogP contribution >= 0.6 is 0 Å². The third-order valence-corrected chi connectivity index (χ3v) is 2.75. The summed E-state index contributed by atoms with van der Waals surface area (Å²) in [6.07, 6.45) is -1.01. The molecular weight excluding hydrogens is 216 g/mol. The fraction of sp³-hybridized carbons (Fsp3) is 0.889. The monoisotopic (exact) mass is 234 g/mol. The van der Waals surface area contributed by atoms with Crippen molar-refractivity contribution in [2.45, 2.75) is 25.2 Å². The zero-order valence-electron chi connectivity index (χ0n) is 9.41. The maximum absolute atomic E-state index is 11.8. The van der Waals surface area contributed by atoms with E-state index in [1.54, 1.807) is 0 Å². The Morgan fingerprint density at radius 1 is 1.44 bits per heavy atom. The maximum Gasteiger partial charge on any atom is 0.324 e. The fourth-order valence-corrected chi connectivity index (χ4v) is 2.01. The van der Waals surface area contributed by atoms with E-state index < -0.39 is 31.1 Å². The molecular formula is C9H18N2O5. The highest BCUT2D eigenvalue weighted by Crippen LogP contribution is 2.24. The van der Waals surface area contributed by atoms with Crippen molar-refractivity contribution in [1.82, 2.24) is 9.80 Å². The van der Waals surface area contributed by atoms with Crippen molar-refractivity contribution in [1.29, 1.82) is 0 Å². The minimum absolute atomic E-state index is 0.195. The van der Waals surface area contributed by atoms with Gasteiger partial charge in [0.15, 0.2) is 0 Å². The molecule has 7 nitrogen and oxygen atoms in total. The van der Waals surface area contributed by atoms with Crippen LogP contribution in [0.4, 0.5) is 4.79 Å². The first kappa shape index (κ1) is 13.2. The molecule has 0 aliphatic carbocycles. The van der Waals surface area contributed by atoms with Crippen molar-refractivity contribution in [2.75, 3.05) is 27.1 Å². The summed E-state index contributed by atoms with van der Waals surface area (Å²) < 4.78 is 4.94. The molecule has 1 aliphatic heterocycles. The summed E-state index contributed by atoms with van der Waals surface area (Å²) in [6.45, 7) is 0.875. The number of hydrogen-bond donors (Lipinski definition) is 3. The van der Waals surface area contributed by atoms with E-state index in [0.717, 1.165) is 9.80 Å². The number of aliphatic hydroxyl groups excluding tert-OH is 3. The minimum Gasteiger partial charge on any atom is -0.394 e. The second kappa shape index (κ2) is 5.44. The number of aliphatic hydroxyl groups is 3. The minimum atomic E-state index is -1.01. The van der Waals surface area contributed by atoms with Crippen molar-refractivity contribution >= 4 is 6.03 Å². The van der Waals surface area contributed by atoms with Gasteiger partial charge in [-0.1, -0.05) is 0 Å². The van der Waals surface area contributed by atoms with Gasteiger partial charge in [0, 0.05) is 7.11 Å². The molecule has 94 valence electrons. The van der Waals surface area contributed by atoms with Gasteiger partial charge in [0.1, 0.15) is 13.0 Å². The van der Waals surface area contributed by atoms with Crippen LogP contribution in [0.25, 0.3) is 0 Å². The predicted molar refractivity (Wildman–Crippen MR) is 54.4 cm³/mol. The number of carbonyl (C=O) groups excluding carboxylic acids is 1. The lowest BCUT2D eigenvalue weighted by Crippen LogP contribution is -2.45. The zero-order valence-corrected chi connectivity index (χ0v) is 9.41. The summed E-state index contributed by atoms with van der Waals surface area (Å²) >= 11 is 0. The first-order valence-corrected chi connectivity index (χ1v) is 5.06. The SMILES string of the molecule is COCC1C(CO)N(C(C)O)C(=O)N1CO. The molecule has 1 heterocycles. The van der Waals surface area contributed by atoms with Gasteiger partial charge in [-0.15, -0.1) is 0 Å². The number of rotatable bonds is 5. The van der Waals surface area contributed by atoms with Gasteiger partial charge >= 0.3 is 6.03 Å². The quantitative estimate of drug-likeness (QED) is 0.532. The van der Waals surface area contributed by atoms with Crippen molar-refractivity contribution in [3.63, 3.8) is 0 Å². The summed E-state index contributed by atoms with van der Waals surface area (Å²) in [7, 11) is 1.47. The third-order valence-electron chi connectivity index (χ3n) is 2.75. The topological polar surface area (TPSA) is 93.5 Å². The van der Waals surface area contributed by atoms with Crippen LogP contribution in [0, 0.1) is 0 Å². The van der Waals surface area contributed by atoms with Crippen LogP contribution in [0.15, 0.2) is 0 Å². The lowest BCUT2D eigenvalue weighted by Gasteiger charge is -2.26. The molecule has 1 saturated heterocycles. The lowest BCUT2D eigenvalue weighted by molar-refractivity contribution is 0.00795. The van der Waals surface area contributed by atoms with Crippen LogP contribution in [-0.2, 0) is 4.74 Å². The summed E-state index contributed by atoms with van der Waals surface area (Å²) in [4.78, 5) is 14.1. The van der Waals surface area contributed by atoms with E-state index in [9.17, 15) is 15.0 Å². The molecule has 3 atom stereocenters. The van der Waals surface area contributed by atoms with E-state index in [1.807, 2.05) is 0 Å². The second-order valence-electron chi connectivity index (χ2n) is 3.71. The Labute approximate surface area is 93.8 Å². The first-order valence-electron chi connectivity index (χ1n) is 5.06. The van der Waals surface area contributed by atoms with Gasteiger partial charge < -0.3 is 20.1 Å². The van der Waals surface area contributed by atoms with E-state index in [2.05, 4.69) is 0 Å². The van der Waals surface area contributed by atoms with E-state index in [0.29, 0.717) is 0 Å². The maximum atomic E-state index is 11.8. The molecule has 1 aliphatic rings. The van der Waals surface area contributed by atoms with Gasteiger partial charge in [0.2, 0.25) is 0 Å². The van der Waals surface area contributed by atoms with E-state index >= 15 is 0 Å². The van der Waals surface area contributed by atoms with Crippen molar-refractivity contribution in [3.05, 3.63) is 0 Å². The van der Waals surface area contributed by atoms with Gasteiger partial charge in [0.25, 0.3) is 0 Å². The Balaban J connectivity index is 2.93. The highest BCUT2D eigenvalue weighted by atomic mass is 16.5. The molecule has 1 fully saturated rings. The van der Waals surface area contributed by atoms with Crippen molar-refractivity contribution in [3.8, 4) is 0 Å². The molecule has 2 amide bonds. The van der Waals surface area contributed by atoms with E-state index in [4.69, 9.17) is 9.84 Å². The van der Waals surface area contributed by atoms with Crippen molar-refractivity contribution < 1.29 is 24.9 Å². The third kappa shape index (κ3) is 2.12. The summed E-state index contributed by atoms with van der Waals surface area (Å²) in [5, 5.41) is 27.8. The number of hydrogen-bond acceptors (Lipinski definition) is 5. The van der Waals surface area contributed by atoms with Crippen LogP contribution in [0.2, 0.25) is 0 Å². The number of nitrogens with zero attached hydrogens (tertiary/aromatic N) is 2. The molecule has 0 radical (unpaired) electrons. The van der Waals surface area contributed by atoms with Crippen LogP contribution in [-0.4, -0.2) is 76.5 Å². The second-order valence-corrected chi connectivity index (χ2v) is 3.71. The van der Waals surface area contributed by atoms with Gasteiger partial charge in [-0.2, -0.15) is 0 Å². The van der Waals surface area contributed by atoms with Crippen LogP contribution in [0.5, 0.6) is 0 Å². The molecule has 7 heteroatoms. The van der Waals surface area contributed by atoms with Gasteiger partial charge in [-0.3, -0.25) is 9.80 Å². The summed E-state index contributed by atoms with van der Waals surface area (Å²) in [6, 6.07) is -1.53. The molecule has 0 saturated carbocycles. The van der Waals surface area contributed by atoms with Crippen molar-refractivity contribution in [2.24, 2.45) is 0 Å². The average molecular weight is 234 g/mol. The summed E-state index contributed by atoms with van der Waals surface area (Å²) in [5.74, 6) is 0. The molecule has 16 heavy (non-hydrogen) atoms. The first-order chi connectivity index (χ1) is 7.58. The Morgan fingerprint density at radius 3 is 2.44 bits per heavy atom. The van der Waals surface area contributed by atoms with E-state index in [1.165, 1.54) is 14.0 Å². The highest BCUT2D eigenvalue weighted by molar-refractivity contribution is 5.78. The number of urea groups is 1. The number of methoxy groups -OCH3 is 1. The van der Waals surface area contributed by atoms with Crippen LogP contribution in [0.3, 0.4) is 0 Å². The van der Waals surface area contributed by atoms with Gasteiger partial charge in [-0.25, -0.2) is 4.79 Å². The molecule has 3 unspecified atom stereocenters. The lowest BCUT2D eigenvalue weighted by atomic mass is 10.1. The smallest absolute Gasteiger partial charge is 0.324 e. The Kier molecular flexibility index (Phi) is 4.48. The molecule has 0 bridgehead atoms. The number of amides is 2. The molecule has 3 N–H and O–H groups in total. The molecule has 1 rings (SSSR count). The van der Waals surface area contributed by atoms with Gasteiger partial charge in [-0.05, 0) is 6.92 Å². The standard InChI is InChI=1S/C9H18N2O5/c1-6(14)11-7(3-12)8(4-16-2)10(5-13)9(11)15/h6-8,12-14H,3-5H2,1-2H3. The Morgan fingerprint density at radius 2 is 2.06 bits per heavy atom. The molecule has 0 aromatic heterocycles. The molecule has 0 spiro atoms. The highest BCUT2D eigenvalue weighted by Gasteiger charge is 2.46. The van der Waals surface area contributed by atoms with Crippen LogP contribution < -0.4 is 0 Å². The van der Waals surface area contributed by atoms with E-state index in [-0.39, 0.29) is 13.2 Å². The summed E-state index contributed by atoms with van der Waals surface area (Å²) in [5.41, 5.74) is 0. The molecule has 0 aromatic rings. The number of carbonyl (C=O) groups is 1. The Bertz CT molecular complexity index is 248. The molecule has 0 aromatic carbocycles. The zero-order chi connectivity index (χ0) is 12.3. The Hall–Kier alpha value is -0.890. The predicted octanol–water partition coefficient (Wildman–Crippen LogP) is -1.61. The fourth-order valence-electron chi connectivity index (χ4n) is 2.01. The largest absolute Gasteiger partial charge is 0.394 e. The normalized spacial score (nSPS) is 27.7. The van der Waals surface area contributed by atoms with Gasteiger partial charge in [0.05, 0.1) is 25.3 Å². The number of ether oxygens (including phenoxy) is 1. The average Bonchev–Trinajstić information content (AvgIpc) is 2.51. The van der Waals surface area contributed by atoms with Crippen LogP contribution in [0.1, 0.15) is 6.92 Å².